The quantitative estimate of drug-likeness (QED) is 0.844. The van der Waals surface area contributed by atoms with Crippen LogP contribution in [0.25, 0.3) is 0 Å². The molecule has 0 aliphatic carbocycles. The van der Waals surface area contributed by atoms with Gasteiger partial charge in [-0.15, -0.1) is 0 Å². The Morgan fingerprint density at radius 3 is 2.62 bits per heavy atom. The summed E-state index contributed by atoms with van der Waals surface area (Å²) in [6.07, 6.45) is 8.22. The average molecular weight is 293 g/mol. The second-order valence-electron chi connectivity index (χ2n) is 6.58. The van der Waals surface area contributed by atoms with E-state index in [1.54, 1.807) is 12.5 Å². The largest absolute Gasteiger partial charge is 0.444 e. The maximum atomic E-state index is 12.0. The number of allylic oxidation sites excluding steroid dienone is 2. The molecule has 0 spiro atoms. The molecule has 5 heteroatoms. The minimum atomic E-state index is -0.547. The van der Waals surface area contributed by atoms with Crippen molar-refractivity contribution in [3.63, 3.8) is 0 Å². The predicted molar refractivity (Wildman–Crippen MR) is 84.1 cm³/mol. The number of hydrogen-bond acceptors (Lipinski definition) is 3. The molecular weight excluding hydrogens is 266 g/mol. The summed E-state index contributed by atoms with van der Waals surface area (Å²) in [6, 6.07) is 0. The molecular formula is C16H27N3O2. The lowest BCUT2D eigenvalue weighted by molar-refractivity contribution is 0.0466. The van der Waals surface area contributed by atoms with Crippen LogP contribution in [0.15, 0.2) is 24.7 Å². The third kappa shape index (κ3) is 5.61. The van der Waals surface area contributed by atoms with Crippen molar-refractivity contribution >= 4 is 6.09 Å². The Labute approximate surface area is 127 Å². The molecule has 118 valence electrons. The van der Waals surface area contributed by atoms with Crippen molar-refractivity contribution in [3.8, 4) is 0 Å². The van der Waals surface area contributed by atoms with Crippen LogP contribution in [0.5, 0.6) is 0 Å². The molecule has 1 N–H and O–H groups in total. The highest BCUT2D eigenvalue weighted by Gasteiger charge is 2.28. The molecule has 0 atom stereocenters. The Hall–Kier alpha value is -1.78. The molecule has 1 heterocycles. The first-order valence-corrected chi connectivity index (χ1v) is 7.28. The van der Waals surface area contributed by atoms with Crippen molar-refractivity contribution in [3.05, 3.63) is 30.4 Å². The van der Waals surface area contributed by atoms with Gasteiger partial charge in [0.2, 0.25) is 0 Å². The first-order valence-electron chi connectivity index (χ1n) is 7.28. The number of aryl methyl sites for hydroxylation is 1. The Morgan fingerprint density at radius 1 is 1.38 bits per heavy atom. The number of nitrogens with zero attached hydrogens (tertiary/aromatic N) is 2. The van der Waals surface area contributed by atoms with Gasteiger partial charge in [0, 0.05) is 6.54 Å². The zero-order chi connectivity index (χ0) is 16.1. The molecule has 1 amide bonds. The summed E-state index contributed by atoms with van der Waals surface area (Å²) >= 11 is 0. The Kier molecular flexibility index (Phi) is 5.58. The molecule has 1 aromatic rings. The number of aromatic nitrogens is 2. The van der Waals surface area contributed by atoms with Crippen LogP contribution < -0.4 is 5.32 Å². The summed E-state index contributed by atoms with van der Waals surface area (Å²) in [5, 5.41) is 2.91. The number of amides is 1. The van der Waals surface area contributed by atoms with Gasteiger partial charge in [-0.1, -0.05) is 12.2 Å². The van der Waals surface area contributed by atoms with Gasteiger partial charge in [0.25, 0.3) is 0 Å². The first kappa shape index (κ1) is 17.3. The number of rotatable bonds is 5. The topological polar surface area (TPSA) is 56.2 Å². The first-order chi connectivity index (χ1) is 9.65. The van der Waals surface area contributed by atoms with Gasteiger partial charge in [-0.05, 0) is 48.0 Å². The van der Waals surface area contributed by atoms with Crippen molar-refractivity contribution in [2.75, 3.05) is 0 Å². The number of hydrogen-bond donors (Lipinski definition) is 1. The van der Waals surface area contributed by atoms with E-state index in [9.17, 15) is 4.79 Å². The third-order valence-electron chi connectivity index (χ3n) is 2.94. The van der Waals surface area contributed by atoms with Crippen molar-refractivity contribution in [2.24, 2.45) is 0 Å². The van der Waals surface area contributed by atoms with Gasteiger partial charge in [0.15, 0.2) is 0 Å². The normalized spacial score (nSPS) is 12.7. The van der Waals surface area contributed by atoms with Crippen LogP contribution in [-0.4, -0.2) is 21.2 Å². The lowest BCUT2D eigenvalue weighted by Crippen LogP contribution is -2.44. The number of carbonyl (C=O) groups is 1. The molecule has 0 unspecified atom stereocenters. The Bertz CT molecular complexity index is 496. The Balaban J connectivity index is 2.78. The number of ether oxygens (including phenoxy) is 1. The molecule has 0 radical (unpaired) electrons. The van der Waals surface area contributed by atoms with Crippen LogP contribution in [0.4, 0.5) is 4.79 Å². The zero-order valence-corrected chi connectivity index (χ0v) is 13.9. The van der Waals surface area contributed by atoms with E-state index in [4.69, 9.17) is 4.74 Å². The smallest absolute Gasteiger partial charge is 0.408 e. The van der Waals surface area contributed by atoms with Gasteiger partial charge >= 0.3 is 6.09 Å². The van der Waals surface area contributed by atoms with Gasteiger partial charge in [-0.3, -0.25) is 0 Å². The lowest BCUT2D eigenvalue weighted by atomic mass is 10.0. The standard InChI is InChI=1S/C16H27N3O2/c1-7-8-9-10-19-12-17-11-13(19)16(5,6)18-14(20)21-15(2,3)4/h7-8,11-12H,9-10H2,1-6H3,(H,18,20)/b8-7+. The molecule has 0 fully saturated rings. The van der Waals surface area contributed by atoms with E-state index in [0.29, 0.717) is 0 Å². The van der Waals surface area contributed by atoms with E-state index < -0.39 is 17.2 Å². The number of alkyl carbamates (subject to hydrolysis) is 1. The van der Waals surface area contributed by atoms with Crippen LogP contribution in [0.2, 0.25) is 0 Å². The third-order valence-corrected chi connectivity index (χ3v) is 2.94. The summed E-state index contributed by atoms with van der Waals surface area (Å²) in [7, 11) is 0. The second-order valence-corrected chi connectivity index (χ2v) is 6.58. The van der Waals surface area contributed by atoms with Crippen molar-refractivity contribution < 1.29 is 9.53 Å². The minimum Gasteiger partial charge on any atom is -0.444 e. The molecule has 0 aromatic carbocycles. The van der Waals surface area contributed by atoms with Gasteiger partial charge in [-0.25, -0.2) is 9.78 Å². The molecule has 0 saturated heterocycles. The van der Waals surface area contributed by atoms with Crippen LogP contribution in [0, 0.1) is 0 Å². The number of nitrogens with one attached hydrogen (secondary N) is 1. The fraction of sp³-hybridized carbons (Fsp3) is 0.625. The van der Waals surface area contributed by atoms with E-state index in [2.05, 4.69) is 20.9 Å². The highest BCUT2D eigenvalue weighted by molar-refractivity contribution is 5.68. The highest BCUT2D eigenvalue weighted by atomic mass is 16.6. The Morgan fingerprint density at radius 2 is 2.05 bits per heavy atom. The second kappa shape index (κ2) is 6.78. The minimum absolute atomic E-state index is 0.422. The van der Waals surface area contributed by atoms with E-state index in [0.717, 1.165) is 18.7 Å². The van der Waals surface area contributed by atoms with E-state index in [1.165, 1.54) is 0 Å². The molecule has 0 aliphatic rings. The summed E-state index contributed by atoms with van der Waals surface area (Å²) < 4.78 is 7.37. The summed E-state index contributed by atoms with van der Waals surface area (Å²) in [5.41, 5.74) is -0.0981. The van der Waals surface area contributed by atoms with Gasteiger partial charge in [-0.2, -0.15) is 0 Å². The molecule has 0 aliphatic heterocycles. The van der Waals surface area contributed by atoms with Crippen LogP contribution in [0.3, 0.4) is 0 Å². The maximum absolute atomic E-state index is 12.0. The SMILES string of the molecule is C/C=C/CCn1cncc1C(C)(C)NC(=O)OC(C)(C)C. The van der Waals surface area contributed by atoms with Crippen LogP contribution in [-0.2, 0) is 16.8 Å². The predicted octanol–water partition coefficient (Wildman–Crippen LogP) is 3.61. The molecule has 1 rings (SSSR count). The van der Waals surface area contributed by atoms with Gasteiger partial charge in [0.1, 0.15) is 5.60 Å². The highest BCUT2D eigenvalue weighted by Crippen LogP contribution is 2.21. The molecule has 21 heavy (non-hydrogen) atoms. The number of imidazole rings is 1. The van der Waals surface area contributed by atoms with Crippen LogP contribution >= 0.6 is 0 Å². The monoisotopic (exact) mass is 293 g/mol. The van der Waals surface area contributed by atoms with Gasteiger partial charge in [0.05, 0.1) is 23.8 Å². The molecule has 1 aromatic heterocycles. The summed E-state index contributed by atoms with van der Waals surface area (Å²) in [4.78, 5) is 16.2. The lowest BCUT2D eigenvalue weighted by Gasteiger charge is -2.29. The van der Waals surface area contributed by atoms with Crippen LogP contribution in [0.1, 0.15) is 53.7 Å². The molecule has 5 nitrogen and oxygen atoms in total. The van der Waals surface area contributed by atoms with Crippen molar-refractivity contribution in [1.29, 1.82) is 0 Å². The van der Waals surface area contributed by atoms with Gasteiger partial charge < -0.3 is 14.6 Å². The van der Waals surface area contributed by atoms with E-state index >= 15 is 0 Å². The fourth-order valence-electron chi connectivity index (χ4n) is 2.02. The van der Waals surface area contributed by atoms with Crippen molar-refractivity contribution in [1.82, 2.24) is 14.9 Å². The maximum Gasteiger partial charge on any atom is 0.408 e. The fourth-order valence-corrected chi connectivity index (χ4v) is 2.02. The van der Waals surface area contributed by atoms with Crippen molar-refractivity contribution in [2.45, 2.75) is 65.6 Å². The molecule has 0 saturated carbocycles. The van der Waals surface area contributed by atoms with E-state index in [1.807, 2.05) is 47.6 Å². The average Bonchev–Trinajstić information content (AvgIpc) is 2.74. The zero-order valence-electron chi connectivity index (χ0n) is 13.9. The summed E-state index contributed by atoms with van der Waals surface area (Å²) in [5.74, 6) is 0. The number of carbonyl (C=O) groups excluding carboxylic acids is 1. The summed E-state index contributed by atoms with van der Waals surface area (Å²) in [6.45, 7) is 12.3. The van der Waals surface area contributed by atoms with E-state index in [-0.39, 0.29) is 0 Å². The molecule has 0 bridgehead atoms.